The Morgan fingerprint density at radius 1 is 1.57 bits per heavy atom. The highest BCUT2D eigenvalue weighted by molar-refractivity contribution is 5.47. The fraction of sp³-hybridized carbons (Fsp3) is 0.300. The molecule has 0 N–H and O–H groups in total. The van der Waals surface area contributed by atoms with E-state index in [1.165, 1.54) is 13.0 Å². The molecule has 0 spiro atoms. The molecule has 4 nitrogen and oxygen atoms in total. The summed E-state index contributed by atoms with van der Waals surface area (Å²) in [5.74, 6) is 0. The lowest BCUT2D eigenvalue weighted by Gasteiger charge is -2.02. The van der Waals surface area contributed by atoms with Crippen LogP contribution in [0.5, 0.6) is 0 Å². The maximum absolute atomic E-state index is 10.6. The zero-order valence-electron chi connectivity index (χ0n) is 8.50. The highest BCUT2D eigenvalue weighted by atomic mass is 16.6. The summed E-state index contributed by atoms with van der Waals surface area (Å²) in [5.41, 5.74) is 1.11. The van der Waals surface area contributed by atoms with Crippen LogP contribution in [-0.2, 0) is 0 Å². The van der Waals surface area contributed by atoms with Crippen molar-refractivity contribution in [2.75, 3.05) is 0 Å². The summed E-state index contributed by atoms with van der Waals surface area (Å²) in [6, 6.07) is 1.82. The molecule has 0 aliphatic carbocycles. The van der Waals surface area contributed by atoms with E-state index in [4.69, 9.17) is 5.26 Å². The summed E-state index contributed by atoms with van der Waals surface area (Å²) in [5, 5.41) is 19.4. The molecule has 0 radical (unpaired) electrons. The molecule has 0 rings (SSSR count). The Labute approximate surface area is 83.0 Å². The summed E-state index contributed by atoms with van der Waals surface area (Å²) in [6.45, 7) is 8.53. The first-order valence-electron chi connectivity index (χ1n) is 4.03. The molecule has 0 saturated carbocycles. The smallest absolute Gasteiger partial charge is 0.258 e. The first kappa shape index (κ1) is 12.1. The lowest BCUT2D eigenvalue weighted by atomic mass is 10.0. The van der Waals surface area contributed by atoms with Gasteiger partial charge >= 0.3 is 0 Å². The Morgan fingerprint density at radius 3 is 2.29 bits per heavy atom. The van der Waals surface area contributed by atoms with Crippen LogP contribution in [0.2, 0.25) is 0 Å². The molecule has 0 bridgehead atoms. The third kappa shape index (κ3) is 2.56. The number of allylic oxidation sites excluding steroid dienone is 4. The maximum Gasteiger partial charge on any atom is 0.283 e. The van der Waals surface area contributed by atoms with Gasteiger partial charge in [-0.3, -0.25) is 10.1 Å². The summed E-state index contributed by atoms with van der Waals surface area (Å²) >= 11 is 0. The van der Waals surface area contributed by atoms with Crippen molar-refractivity contribution in [1.82, 2.24) is 0 Å². The van der Waals surface area contributed by atoms with Gasteiger partial charge in [-0.15, -0.1) is 0 Å². The fourth-order valence-corrected chi connectivity index (χ4v) is 0.888. The van der Waals surface area contributed by atoms with Crippen LogP contribution in [0.25, 0.3) is 0 Å². The number of hydrogen-bond donors (Lipinski definition) is 0. The SMILES string of the molecule is C=C(C)/C(C)=C(C#N)\C(=C/C)[N+](=O)[O-]. The first-order chi connectivity index (χ1) is 6.45. The highest BCUT2D eigenvalue weighted by Crippen LogP contribution is 2.19. The van der Waals surface area contributed by atoms with Crippen LogP contribution >= 0.6 is 0 Å². The van der Waals surface area contributed by atoms with Crippen molar-refractivity contribution >= 4 is 0 Å². The maximum atomic E-state index is 10.6. The molecule has 0 aromatic rings. The van der Waals surface area contributed by atoms with Crippen LogP contribution < -0.4 is 0 Å². The molecule has 14 heavy (non-hydrogen) atoms. The molecule has 0 aromatic heterocycles. The van der Waals surface area contributed by atoms with Gasteiger partial charge < -0.3 is 0 Å². The van der Waals surface area contributed by atoms with Gasteiger partial charge in [-0.1, -0.05) is 12.2 Å². The van der Waals surface area contributed by atoms with Crippen LogP contribution in [0.1, 0.15) is 20.8 Å². The van der Waals surface area contributed by atoms with Crippen molar-refractivity contribution in [2.24, 2.45) is 0 Å². The third-order valence-electron chi connectivity index (χ3n) is 1.85. The van der Waals surface area contributed by atoms with Crippen molar-refractivity contribution in [3.05, 3.63) is 45.2 Å². The second-order valence-corrected chi connectivity index (χ2v) is 2.82. The van der Waals surface area contributed by atoms with Crippen LogP contribution in [0.3, 0.4) is 0 Å². The van der Waals surface area contributed by atoms with E-state index in [1.807, 2.05) is 6.07 Å². The quantitative estimate of drug-likeness (QED) is 0.298. The second kappa shape index (κ2) is 4.97. The van der Waals surface area contributed by atoms with Gasteiger partial charge in [0.05, 0.1) is 4.92 Å². The summed E-state index contributed by atoms with van der Waals surface area (Å²) < 4.78 is 0. The molecule has 0 aliphatic rings. The Bertz CT molecular complexity index is 370. The van der Waals surface area contributed by atoms with E-state index >= 15 is 0 Å². The zero-order valence-corrected chi connectivity index (χ0v) is 8.50. The van der Waals surface area contributed by atoms with E-state index in [-0.39, 0.29) is 11.3 Å². The molecular formula is C10H12N2O2. The minimum absolute atomic E-state index is 0.0741. The van der Waals surface area contributed by atoms with Gasteiger partial charge in [0.25, 0.3) is 5.70 Å². The topological polar surface area (TPSA) is 66.9 Å². The van der Waals surface area contributed by atoms with Crippen LogP contribution in [0.15, 0.2) is 35.1 Å². The van der Waals surface area contributed by atoms with E-state index in [0.29, 0.717) is 11.1 Å². The van der Waals surface area contributed by atoms with Crippen molar-refractivity contribution < 1.29 is 4.92 Å². The van der Waals surface area contributed by atoms with Crippen molar-refractivity contribution in [3.63, 3.8) is 0 Å². The number of nitriles is 1. The molecule has 0 heterocycles. The van der Waals surface area contributed by atoms with Gasteiger partial charge in [-0.25, -0.2) is 0 Å². The Morgan fingerprint density at radius 2 is 2.07 bits per heavy atom. The molecule has 0 saturated heterocycles. The number of rotatable bonds is 3. The normalized spacial score (nSPS) is 12.9. The lowest BCUT2D eigenvalue weighted by molar-refractivity contribution is -0.420. The number of nitro groups is 1. The van der Waals surface area contributed by atoms with Crippen molar-refractivity contribution in [3.8, 4) is 6.07 Å². The Kier molecular flexibility index (Phi) is 4.30. The molecular weight excluding hydrogens is 180 g/mol. The summed E-state index contributed by atoms with van der Waals surface area (Å²) in [4.78, 5) is 10.0. The monoisotopic (exact) mass is 192 g/mol. The van der Waals surface area contributed by atoms with Gasteiger partial charge in [0.15, 0.2) is 0 Å². The minimum atomic E-state index is -0.564. The molecule has 0 aliphatic heterocycles. The molecule has 0 unspecified atom stereocenters. The van der Waals surface area contributed by atoms with Gasteiger partial charge in [0, 0.05) is 0 Å². The zero-order chi connectivity index (χ0) is 11.3. The standard InChI is InChI=1S/C10H12N2O2/c1-5-10(12(13)14)9(6-11)8(4)7(2)3/h5H,2H2,1,3-4H3/b9-8-,10-5+. The average Bonchev–Trinajstić information content (AvgIpc) is 2.11. The highest BCUT2D eigenvalue weighted by Gasteiger charge is 2.18. The van der Waals surface area contributed by atoms with Crippen LogP contribution in [-0.4, -0.2) is 4.92 Å². The van der Waals surface area contributed by atoms with E-state index in [0.717, 1.165) is 0 Å². The Hall–Kier alpha value is -1.89. The third-order valence-corrected chi connectivity index (χ3v) is 1.85. The molecule has 4 heteroatoms. The largest absolute Gasteiger partial charge is 0.283 e. The average molecular weight is 192 g/mol. The summed E-state index contributed by atoms with van der Waals surface area (Å²) in [6.07, 6.45) is 1.31. The predicted molar refractivity (Wildman–Crippen MR) is 53.9 cm³/mol. The first-order valence-corrected chi connectivity index (χ1v) is 4.03. The minimum Gasteiger partial charge on any atom is -0.258 e. The predicted octanol–water partition coefficient (Wildman–Crippen LogP) is 2.58. The van der Waals surface area contributed by atoms with Crippen molar-refractivity contribution in [1.29, 1.82) is 5.26 Å². The molecule has 0 aromatic carbocycles. The Balaban J connectivity index is 5.53. The number of hydrogen-bond acceptors (Lipinski definition) is 3. The fourth-order valence-electron chi connectivity index (χ4n) is 0.888. The molecule has 0 atom stereocenters. The van der Waals surface area contributed by atoms with E-state index in [2.05, 4.69) is 6.58 Å². The van der Waals surface area contributed by atoms with Crippen LogP contribution in [0, 0.1) is 21.4 Å². The van der Waals surface area contributed by atoms with E-state index < -0.39 is 4.92 Å². The van der Waals surface area contributed by atoms with Crippen LogP contribution in [0.4, 0.5) is 0 Å². The lowest BCUT2D eigenvalue weighted by Crippen LogP contribution is -2.03. The summed E-state index contributed by atoms with van der Waals surface area (Å²) in [7, 11) is 0. The second-order valence-electron chi connectivity index (χ2n) is 2.82. The van der Waals surface area contributed by atoms with Gasteiger partial charge in [0.2, 0.25) is 0 Å². The number of nitrogens with zero attached hydrogens (tertiary/aromatic N) is 2. The van der Waals surface area contributed by atoms with E-state index in [1.54, 1.807) is 13.8 Å². The molecule has 0 amide bonds. The molecule has 0 fully saturated rings. The van der Waals surface area contributed by atoms with Gasteiger partial charge in [-0.2, -0.15) is 5.26 Å². The van der Waals surface area contributed by atoms with Gasteiger partial charge in [-0.05, 0) is 32.4 Å². The molecule has 74 valence electrons. The van der Waals surface area contributed by atoms with Crippen molar-refractivity contribution in [2.45, 2.75) is 20.8 Å². The van der Waals surface area contributed by atoms with Gasteiger partial charge in [0.1, 0.15) is 11.6 Å². The van der Waals surface area contributed by atoms with E-state index in [9.17, 15) is 10.1 Å².